The average molecular weight is 393 g/mol. The standard InChI is InChI=1S/C22H28N6O/c1-22(2,3)28-9-7-15(8-10-28)21(29)26-20-11-19-16(12-23-20)5-6-18(25-19)17-13-24-27(4)14-17/h5-6,11-15H,7-10H2,1-4H3,(H,23,26,29). The van der Waals surface area contributed by atoms with Gasteiger partial charge >= 0.3 is 0 Å². The Kier molecular flexibility index (Phi) is 5.08. The maximum Gasteiger partial charge on any atom is 0.228 e. The number of carbonyl (C=O) groups is 1. The van der Waals surface area contributed by atoms with Crippen LogP contribution in [0.3, 0.4) is 0 Å². The zero-order valence-electron chi connectivity index (χ0n) is 17.5. The van der Waals surface area contributed by atoms with Crippen LogP contribution >= 0.6 is 0 Å². The van der Waals surface area contributed by atoms with Crippen LogP contribution in [0.5, 0.6) is 0 Å². The van der Waals surface area contributed by atoms with Gasteiger partial charge < -0.3 is 5.32 Å². The predicted molar refractivity (Wildman–Crippen MR) is 114 cm³/mol. The van der Waals surface area contributed by atoms with Crippen molar-refractivity contribution >= 4 is 22.6 Å². The van der Waals surface area contributed by atoms with Gasteiger partial charge in [-0.05, 0) is 58.8 Å². The van der Waals surface area contributed by atoms with E-state index in [0.29, 0.717) is 5.82 Å². The molecule has 3 aromatic rings. The molecule has 0 atom stereocenters. The Morgan fingerprint density at radius 2 is 1.93 bits per heavy atom. The Morgan fingerprint density at radius 3 is 2.59 bits per heavy atom. The van der Waals surface area contributed by atoms with Crippen LogP contribution < -0.4 is 5.32 Å². The molecule has 0 spiro atoms. The number of anilines is 1. The SMILES string of the molecule is Cn1cc(-c2ccc3cnc(NC(=O)C4CCN(C(C)(C)C)CC4)cc3n2)cn1. The largest absolute Gasteiger partial charge is 0.310 e. The second-order valence-corrected chi connectivity index (χ2v) is 8.78. The fourth-order valence-corrected chi connectivity index (χ4v) is 3.84. The van der Waals surface area contributed by atoms with Gasteiger partial charge in [-0.3, -0.25) is 14.4 Å². The van der Waals surface area contributed by atoms with Gasteiger partial charge in [0.1, 0.15) is 5.82 Å². The molecule has 7 nitrogen and oxygen atoms in total. The van der Waals surface area contributed by atoms with E-state index in [2.05, 4.69) is 41.1 Å². The van der Waals surface area contributed by atoms with Crippen molar-refractivity contribution in [3.63, 3.8) is 0 Å². The highest BCUT2D eigenvalue weighted by Gasteiger charge is 2.30. The molecule has 1 aliphatic heterocycles. The number of likely N-dealkylation sites (tertiary alicyclic amines) is 1. The van der Waals surface area contributed by atoms with E-state index < -0.39 is 0 Å². The summed E-state index contributed by atoms with van der Waals surface area (Å²) >= 11 is 0. The van der Waals surface area contributed by atoms with Crippen LogP contribution in [0.1, 0.15) is 33.6 Å². The smallest absolute Gasteiger partial charge is 0.228 e. The second-order valence-electron chi connectivity index (χ2n) is 8.78. The van der Waals surface area contributed by atoms with Crippen molar-refractivity contribution in [1.29, 1.82) is 0 Å². The van der Waals surface area contributed by atoms with E-state index in [0.717, 1.165) is 48.1 Å². The molecule has 0 unspecified atom stereocenters. The van der Waals surface area contributed by atoms with Crippen molar-refractivity contribution in [2.45, 2.75) is 39.2 Å². The first kappa shape index (κ1) is 19.5. The van der Waals surface area contributed by atoms with Crippen molar-refractivity contribution in [2.75, 3.05) is 18.4 Å². The number of aryl methyl sites for hydroxylation is 1. The summed E-state index contributed by atoms with van der Waals surface area (Å²) in [4.78, 5) is 24.3. The zero-order valence-corrected chi connectivity index (χ0v) is 17.5. The third kappa shape index (κ3) is 4.29. The molecular formula is C22H28N6O. The minimum atomic E-state index is 0.0285. The highest BCUT2D eigenvalue weighted by Crippen LogP contribution is 2.25. The molecule has 0 bridgehead atoms. The quantitative estimate of drug-likeness (QED) is 0.738. The minimum absolute atomic E-state index is 0.0285. The van der Waals surface area contributed by atoms with Gasteiger partial charge in [-0.2, -0.15) is 5.10 Å². The first-order valence-electron chi connectivity index (χ1n) is 10.1. The minimum Gasteiger partial charge on any atom is -0.310 e. The lowest BCUT2D eigenvalue weighted by molar-refractivity contribution is -0.121. The van der Waals surface area contributed by atoms with Crippen LogP contribution in [0.15, 0.2) is 36.8 Å². The summed E-state index contributed by atoms with van der Waals surface area (Å²) in [6.45, 7) is 8.56. The van der Waals surface area contributed by atoms with Crippen molar-refractivity contribution in [3.8, 4) is 11.3 Å². The fraction of sp³-hybridized carbons (Fsp3) is 0.455. The van der Waals surface area contributed by atoms with Gasteiger partial charge in [0.15, 0.2) is 0 Å². The molecule has 1 N–H and O–H groups in total. The topological polar surface area (TPSA) is 75.9 Å². The lowest BCUT2D eigenvalue weighted by Gasteiger charge is -2.40. The van der Waals surface area contributed by atoms with Crippen molar-refractivity contribution in [3.05, 3.63) is 36.8 Å². The summed E-state index contributed by atoms with van der Waals surface area (Å²) in [7, 11) is 1.88. The number of rotatable bonds is 3. The summed E-state index contributed by atoms with van der Waals surface area (Å²) in [5.74, 6) is 0.631. The first-order chi connectivity index (χ1) is 13.8. The number of hydrogen-bond acceptors (Lipinski definition) is 5. The van der Waals surface area contributed by atoms with E-state index >= 15 is 0 Å². The van der Waals surface area contributed by atoms with Crippen LogP contribution in [0, 0.1) is 5.92 Å². The Balaban J connectivity index is 1.47. The Bertz CT molecular complexity index is 1030. The Hall–Kier alpha value is -2.80. The highest BCUT2D eigenvalue weighted by molar-refractivity contribution is 5.93. The van der Waals surface area contributed by atoms with Crippen LogP contribution in [-0.2, 0) is 11.8 Å². The van der Waals surface area contributed by atoms with E-state index in [4.69, 9.17) is 4.98 Å². The summed E-state index contributed by atoms with van der Waals surface area (Å²) in [6.07, 6.45) is 7.23. The Morgan fingerprint density at radius 1 is 1.17 bits per heavy atom. The number of nitrogens with one attached hydrogen (secondary N) is 1. The molecule has 152 valence electrons. The number of hydrogen-bond donors (Lipinski definition) is 1. The van der Waals surface area contributed by atoms with Gasteiger partial charge in [0.05, 0.1) is 17.4 Å². The lowest BCUT2D eigenvalue weighted by atomic mass is 9.92. The van der Waals surface area contributed by atoms with E-state index in [1.165, 1.54) is 0 Å². The molecule has 0 radical (unpaired) electrons. The van der Waals surface area contributed by atoms with Gasteiger partial charge in [-0.15, -0.1) is 0 Å². The van der Waals surface area contributed by atoms with Crippen LogP contribution in [0.2, 0.25) is 0 Å². The van der Waals surface area contributed by atoms with Crippen molar-refractivity contribution < 1.29 is 4.79 Å². The van der Waals surface area contributed by atoms with Gasteiger partial charge in [0, 0.05) is 47.9 Å². The van der Waals surface area contributed by atoms with Gasteiger partial charge in [-0.1, -0.05) is 0 Å². The number of nitrogens with zero attached hydrogens (tertiary/aromatic N) is 5. The molecule has 0 saturated carbocycles. The predicted octanol–water partition coefficient (Wildman–Crippen LogP) is 3.48. The monoisotopic (exact) mass is 392 g/mol. The molecule has 0 aliphatic carbocycles. The summed E-state index contributed by atoms with van der Waals surface area (Å²) < 4.78 is 1.75. The van der Waals surface area contributed by atoms with Crippen molar-refractivity contribution in [1.82, 2.24) is 24.6 Å². The molecule has 0 aromatic carbocycles. The van der Waals surface area contributed by atoms with Gasteiger partial charge in [0.25, 0.3) is 0 Å². The fourth-order valence-electron chi connectivity index (χ4n) is 3.84. The second kappa shape index (κ2) is 7.55. The molecule has 3 aromatic heterocycles. The number of aromatic nitrogens is 4. The summed E-state index contributed by atoms with van der Waals surface area (Å²) in [6, 6.07) is 5.80. The molecule has 7 heteroatoms. The molecule has 1 aliphatic rings. The van der Waals surface area contributed by atoms with Gasteiger partial charge in [0.2, 0.25) is 5.91 Å². The first-order valence-corrected chi connectivity index (χ1v) is 10.1. The van der Waals surface area contributed by atoms with E-state index in [9.17, 15) is 4.79 Å². The van der Waals surface area contributed by atoms with E-state index in [1.807, 2.05) is 31.4 Å². The maximum absolute atomic E-state index is 12.8. The number of pyridine rings is 2. The number of amides is 1. The molecule has 4 heterocycles. The number of fused-ring (bicyclic) bond motifs is 1. The van der Waals surface area contributed by atoms with Crippen molar-refractivity contribution in [2.24, 2.45) is 13.0 Å². The molecule has 1 fully saturated rings. The van der Waals surface area contributed by atoms with Gasteiger partial charge in [-0.25, -0.2) is 9.97 Å². The lowest BCUT2D eigenvalue weighted by Crippen LogP contribution is -2.47. The third-order valence-corrected chi connectivity index (χ3v) is 5.64. The molecule has 1 amide bonds. The highest BCUT2D eigenvalue weighted by atomic mass is 16.1. The normalized spacial score (nSPS) is 16.3. The Labute approximate surface area is 171 Å². The zero-order chi connectivity index (χ0) is 20.6. The molecule has 1 saturated heterocycles. The van der Waals surface area contributed by atoms with Crippen LogP contribution in [0.25, 0.3) is 22.2 Å². The molecule has 29 heavy (non-hydrogen) atoms. The molecule has 4 rings (SSSR count). The average Bonchev–Trinajstić information content (AvgIpc) is 3.13. The van der Waals surface area contributed by atoms with E-state index in [-0.39, 0.29) is 17.4 Å². The van der Waals surface area contributed by atoms with E-state index in [1.54, 1.807) is 17.1 Å². The van der Waals surface area contributed by atoms with Crippen LogP contribution in [-0.4, -0.2) is 49.2 Å². The summed E-state index contributed by atoms with van der Waals surface area (Å²) in [5, 5.41) is 8.14. The molecular weight excluding hydrogens is 364 g/mol. The van der Waals surface area contributed by atoms with Crippen LogP contribution in [0.4, 0.5) is 5.82 Å². The third-order valence-electron chi connectivity index (χ3n) is 5.64. The summed E-state index contributed by atoms with van der Waals surface area (Å²) in [5.41, 5.74) is 2.77. The maximum atomic E-state index is 12.8. The number of piperidine rings is 1. The number of carbonyl (C=O) groups excluding carboxylic acids is 1.